The lowest BCUT2D eigenvalue weighted by atomic mass is 9.97. The van der Waals surface area contributed by atoms with Gasteiger partial charge in [0.05, 0.1) is 5.88 Å². The topological polar surface area (TPSA) is 17.1 Å². The molecule has 2 heteroatoms. The van der Waals surface area contributed by atoms with Crippen LogP contribution in [0.1, 0.15) is 15.9 Å². The van der Waals surface area contributed by atoms with Gasteiger partial charge in [-0.2, -0.15) is 0 Å². The average molecular weight is 219 g/mol. The fourth-order valence-electron chi connectivity index (χ4n) is 1.82. The van der Waals surface area contributed by atoms with Gasteiger partial charge in [-0.05, 0) is 23.3 Å². The first-order valence-corrected chi connectivity index (χ1v) is 5.35. The van der Waals surface area contributed by atoms with Gasteiger partial charge in [0.1, 0.15) is 0 Å². The molecule has 0 fully saturated rings. The Bertz CT molecular complexity index is 517. The predicted octanol–water partition coefficient (Wildman–Crippen LogP) is 3.57. The molecule has 0 radical (unpaired) electrons. The molecule has 0 N–H and O–H groups in total. The second kappa shape index (κ2) is 4.03. The molecule has 0 aliphatic rings. The zero-order chi connectivity index (χ0) is 10.8. The maximum atomic E-state index is 11.7. The van der Waals surface area contributed by atoms with Crippen LogP contribution in [0.25, 0.3) is 10.8 Å². The summed E-state index contributed by atoms with van der Waals surface area (Å²) in [5, 5.41) is 2.07. The molecule has 15 heavy (non-hydrogen) atoms. The van der Waals surface area contributed by atoms with Crippen molar-refractivity contribution in [3.05, 3.63) is 47.5 Å². The van der Waals surface area contributed by atoms with Gasteiger partial charge >= 0.3 is 0 Å². The van der Waals surface area contributed by atoms with Crippen molar-refractivity contribution in [3.8, 4) is 0 Å². The Kier molecular flexibility index (Phi) is 2.74. The summed E-state index contributed by atoms with van der Waals surface area (Å²) in [7, 11) is 0. The largest absolute Gasteiger partial charge is 0.293 e. The minimum absolute atomic E-state index is 0.00836. The summed E-state index contributed by atoms with van der Waals surface area (Å²) in [6, 6.07) is 11.8. The number of hydrogen-bond acceptors (Lipinski definition) is 1. The van der Waals surface area contributed by atoms with Crippen LogP contribution in [-0.4, -0.2) is 11.7 Å². The van der Waals surface area contributed by atoms with Crippen LogP contribution in [-0.2, 0) is 0 Å². The first kappa shape index (κ1) is 10.2. The summed E-state index contributed by atoms with van der Waals surface area (Å²) in [4.78, 5) is 11.7. The highest BCUT2D eigenvalue weighted by atomic mass is 35.5. The number of hydrogen-bond donors (Lipinski definition) is 0. The normalized spacial score (nSPS) is 10.5. The second-order valence-corrected chi connectivity index (χ2v) is 3.80. The van der Waals surface area contributed by atoms with Gasteiger partial charge in [0, 0.05) is 5.56 Å². The summed E-state index contributed by atoms with van der Waals surface area (Å²) >= 11 is 5.61. The van der Waals surface area contributed by atoms with E-state index >= 15 is 0 Å². The zero-order valence-corrected chi connectivity index (χ0v) is 9.21. The summed E-state index contributed by atoms with van der Waals surface area (Å²) in [5.41, 5.74) is 1.74. The Morgan fingerprint density at radius 2 is 1.93 bits per heavy atom. The smallest absolute Gasteiger partial charge is 0.178 e. The number of fused-ring (bicyclic) bond motifs is 1. The van der Waals surface area contributed by atoms with Crippen LogP contribution in [0.3, 0.4) is 0 Å². The standard InChI is InChI=1S/C13H11ClO/c1-9-6-7-10-4-2-3-5-11(10)13(9)12(15)8-14/h2-7H,8H2,1H3. The van der Waals surface area contributed by atoms with E-state index in [1.54, 1.807) is 0 Å². The summed E-state index contributed by atoms with van der Waals surface area (Å²) in [6.45, 7) is 1.94. The Morgan fingerprint density at radius 3 is 2.67 bits per heavy atom. The molecule has 2 aromatic carbocycles. The van der Waals surface area contributed by atoms with Crippen molar-refractivity contribution in [2.75, 3.05) is 5.88 Å². The van der Waals surface area contributed by atoms with Crippen molar-refractivity contribution in [2.45, 2.75) is 6.92 Å². The third-order valence-corrected chi connectivity index (χ3v) is 2.78. The van der Waals surface area contributed by atoms with Crippen LogP contribution in [0.5, 0.6) is 0 Å². The fraction of sp³-hybridized carbons (Fsp3) is 0.154. The lowest BCUT2D eigenvalue weighted by molar-refractivity contribution is 0.102. The van der Waals surface area contributed by atoms with E-state index in [-0.39, 0.29) is 11.7 Å². The Morgan fingerprint density at radius 1 is 1.20 bits per heavy atom. The molecule has 0 amide bonds. The van der Waals surface area contributed by atoms with Crippen molar-refractivity contribution >= 4 is 28.2 Å². The van der Waals surface area contributed by atoms with Crippen molar-refractivity contribution < 1.29 is 4.79 Å². The maximum absolute atomic E-state index is 11.7. The monoisotopic (exact) mass is 218 g/mol. The molecule has 2 rings (SSSR count). The van der Waals surface area contributed by atoms with Gasteiger partial charge in [0.25, 0.3) is 0 Å². The van der Waals surface area contributed by atoms with Crippen LogP contribution in [0.2, 0.25) is 0 Å². The molecule has 76 valence electrons. The highest BCUT2D eigenvalue weighted by molar-refractivity contribution is 6.32. The highest BCUT2D eigenvalue weighted by Crippen LogP contribution is 2.22. The van der Waals surface area contributed by atoms with Crippen molar-refractivity contribution in [1.82, 2.24) is 0 Å². The van der Waals surface area contributed by atoms with Crippen molar-refractivity contribution in [3.63, 3.8) is 0 Å². The van der Waals surface area contributed by atoms with Gasteiger partial charge in [-0.25, -0.2) is 0 Å². The van der Waals surface area contributed by atoms with Gasteiger partial charge in [-0.1, -0.05) is 36.4 Å². The third kappa shape index (κ3) is 1.75. The summed E-state index contributed by atoms with van der Waals surface area (Å²) in [6.07, 6.45) is 0. The van der Waals surface area contributed by atoms with Crippen LogP contribution in [0, 0.1) is 6.92 Å². The molecule has 0 aliphatic heterocycles. The number of ketones is 1. The van der Waals surface area contributed by atoms with Crippen molar-refractivity contribution in [1.29, 1.82) is 0 Å². The van der Waals surface area contributed by atoms with Crippen LogP contribution >= 0.6 is 11.6 Å². The molecule has 0 spiro atoms. The Balaban J connectivity index is 2.79. The van der Waals surface area contributed by atoms with Crippen LogP contribution in [0.15, 0.2) is 36.4 Å². The molecular formula is C13H11ClO. The highest BCUT2D eigenvalue weighted by Gasteiger charge is 2.11. The number of Topliss-reactive ketones (excluding diaryl/α,β-unsaturated/α-hetero) is 1. The first-order chi connectivity index (χ1) is 7.24. The van der Waals surface area contributed by atoms with E-state index in [0.29, 0.717) is 0 Å². The second-order valence-electron chi connectivity index (χ2n) is 3.54. The van der Waals surface area contributed by atoms with E-state index < -0.39 is 0 Å². The number of aryl methyl sites for hydroxylation is 1. The SMILES string of the molecule is Cc1ccc2ccccc2c1C(=O)CCl. The maximum Gasteiger partial charge on any atom is 0.178 e. The van der Waals surface area contributed by atoms with Gasteiger partial charge in [0.15, 0.2) is 5.78 Å². The van der Waals surface area contributed by atoms with Gasteiger partial charge < -0.3 is 0 Å². The predicted molar refractivity (Wildman–Crippen MR) is 63.7 cm³/mol. The molecule has 0 aliphatic carbocycles. The Labute approximate surface area is 93.7 Å². The lowest BCUT2D eigenvalue weighted by Gasteiger charge is -2.07. The van der Waals surface area contributed by atoms with E-state index in [2.05, 4.69) is 0 Å². The third-order valence-electron chi connectivity index (χ3n) is 2.54. The minimum Gasteiger partial charge on any atom is -0.293 e. The number of halogens is 1. The quantitative estimate of drug-likeness (QED) is 0.556. The molecule has 0 saturated carbocycles. The average Bonchev–Trinajstić information content (AvgIpc) is 2.28. The van der Waals surface area contributed by atoms with Crippen LogP contribution < -0.4 is 0 Å². The molecule has 0 heterocycles. The molecule has 0 atom stereocenters. The van der Waals surface area contributed by atoms with Gasteiger partial charge in [-0.15, -0.1) is 11.6 Å². The molecule has 1 nitrogen and oxygen atoms in total. The van der Waals surface area contributed by atoms with E-state index in [1.165, 1.54) is 0 Å². The molecule has 2 aromatic rings. The number of benzene rings is 2. The van der Waals surface area contributed by atoms with Gasteiger partial charge in [0.2, 0.25) is 0 Å². The zero-order valence-electron chi connectivity index (χ0n) is 8.46. The minimum atomic E-state index is -0.00836. The van der Waals surface area contributed by atoms with E-state index in [4.69, 9.17) is 11.6 Å². The molecule has 0 bridgehead atoms. The Hall–Kier alpha value is -1.34. The van der Waals surface area contributed by atoms with E-state index in [0.717, 1.165) is 21.9 Å². The first-order valence-electron chi connectivity index (χ1n) is 4.81. The van der Waals surface area contributed by atoms with Crippen LogP contribution in [0.4, 0.5) is 0 Å². The number of carbonyl (C=O) groups is 1. The van der Waals surface area contributed by atoms with Crippen molar-refractivity contribution in [2.24, 2.45) is 0 Å². The molecular weight excluding hydrogens is 208 g/mol. The number of rotatable bonds is 2. The molecule has 0 aromatic heterocycles. The number of alkyl halides is 1. The summed E-state index contributed by atoms with van der Waals surface area (Å²) < 4.78 is 0. The molecule has 0 saturated heterocycles. The van der Waals surface area contributed by atoms with E-state index in [1.807, 2.05) is 43.3 Å². The molecule has 0 unspecified atom stereocenters. The van der Waals surface area contributed by atoms with E-state index in [9.17, 15) is 4.79 Å². The number of carbonyl (C=O) groups excluding carboxylic acids is 1. The fourth-order valence-corrected chi connectivity index (χ4v) is 1.95. The lowest BCUT2D eigenvalue weighted by Crippen LogP contribution is -2.03. The van der Waals surface area contributed by atoms with Gasteiger partial charge in [-0.3, -0.25) is 4.79 Å². The summed E-state index contributed by atoms with van der Waals surface area (Å²) in [5.74, 6) is 0.0282.